The molecule has 0 amide bonds. The number of anilines is 1. The van der Waals surface area contributed by atoms with E-state index in [0.29, 0.717) is 5.82 Å². The first-order valence-electron chi connectivity index (χ1n) is 5.62. The van der Waals surface area contributed by atoms with Gasteiger partial charge in [0.05, 0.1) is 0 Å². The minimum absolute atomic E-state index is 0.259. The molecule has 0 radical (unpaired) electrons. The minimum atomic E-state index is 0.259. The summed E-state index contributed by atoms with van der Waals surface area (Å²) >= 11 is 1.56. The highest BCUT2D eigenvalue weighted by molar-refractivity contribution is 7.99. The molecule has 0 aliphatic carbocycles. The monoisotopic (exact) mass is 261 g/mol. The molecule has 18 heavy (non-hydrogen) atoms. The fourth-order valence-electron chi connectivity index (χ4n) is 1.35. The molecule has 0 aliphatic heterocycles. The molecular formula is C12H15N5S. The molecule has 2 aromatic heterocycles. The number of hydrogen-bond acceptors (Lipinski definition) is 6. The molecule has 0 aromatic carbocycles. The SMILES string of the molecule is CC(C)c1nc(NN)cc(Sc2ccncc2)n1. The summed E-state index contributed by atoms with van der Waals surface area (Å²) in [6.45, 7) is 4.10. The molecule has 94 valence electrons. The lowest BCUT2D eigenvalue weighted by atomic mass is 10.2. The van der Waals surface area contributed by atoms with Gasteiger partial charge in [-0.05, 0) is 12.1 Å². The van der Waals surface area contributed by atoms with E-state index in [1.807, 2.05) is 18.2 Å². The molecule has 0 unspecified atom stereocenters. The van der Waals surface area contributed by atoms with Crippen LogP contribution in [0, 0.1) is 0 Å². The molecular weight excluding hydrogens is 246 g/mol. The van der Waals surface area contributed by atoms with E-state index in [9.17, 15) is 0 Å². The molecule has 0 bridgehead atoms. The van der Waals surface area contributed by atoms with Crippen LogP contribution < -0.4 is 11.3 Å². The van der Waals surface area contributed by atoms with E-state index in [-0.39, 0.29) is 5.92 Å². The Hall–Kier alpha value is -1.66. The van der Waals surface area contributed by atoms with Gasteiger partial charge in [0, 0.05) is 29.3 Å². The maximum Gasteiger partial charge on any atom is 0.144 e. The van der Waals surface area contributed by atoms with Crippen LogP contribution in [0.5, 0.6) is 0 Å². The van der Waals surface area contributed by atoms with Gasteiger partial charge in [0.2, 0.25) is 0 Å². The van der Waals surface area contributed by atoms with Gasteiger partial charge < -0.3 is 5.43 Å². The molecule has 2 aromatic rings. The van der Waals surface area contributed by atoms with Crippen molar-refractivity contribution in [3.63, 3.8) is 0 Å². The summed E-state index contributed by atoms with van der Waals surface area (Å²) < 4.78 is 0. The Balaban J connectivity index is 2.30. The van der Waals surface area contributed by atoms with Gasteiger partial charge in [-0.15, -0.1) is 0 Å². The maximum atomic E-state index is 5.42. The van der Waals surface area contributed by atoms with Crippen LogP contribution in [0.4, 0.5) is 5.82 Å². The van der Waals surface area contributed by atoms with Gasteiger partial charge in [-0.2, -0.15) is 0 Å². The lowest BCUT2D eigenvalue weighted by Crippen LogP contribution is -2.11. The second kappa shape index (κ2) is 5.79. The standard InChI is InChI=1S/C12H15N5S/c1-8(2)12-15-10(17-13)7-11(16-12)18-9-3-5-14-6-4-9/h3-8H,13H2,1-2H3,(H,15,16,17). The Morgan fingerprint density at radius 2 is 1.94 bits per heavy atom. The van der Waals surface area contributed by atoms with Crippen LogP contribution in [-0.2, 0) is 0 Å². The molecule has 0 fully saturated rings. The number of nitrogen functional groups attached to an aromatic ring is 1. The van der Waals surface area contributed by atoms with Crippen LogP contribution in [-0.4, -0.2) is 15.0 Å². The zero-order valence-electron chi connectivity index (χ0n) is 10.3. The number of nitrogens with two attached hydrogens (primary N) is 1. The van der Waals surface area contributed by atoms with Gasteiger partial charge in [-0.1, -0.05) is 25.6 Å². The van der Waals surface area contributed by atoms with Crippen LogP contribution >= 0.6 is 11.8 Å². The van der Waals surface area contributed by atoms with Crippen molar-refractivity contribution in [2.45, 2.75) is 29.7 Å². The fourth-order valence-corrected chi connectivity index (χ4v) is 2.16. The van der Waals surface area contributed by atoms with Crippen LogP contribution in [0.1, 0.15) is 25.6 Å². The fraction of sp³-hybridized carbons (Fsp3) is 0.250. The van der Waals surface area contributed by atoms with Gasteiger partial charge in [0.1, 0.15) is 16.7 Å². The average Bonchev–Trinajstić information content (AvgIpc) is 2.39. The highest BCUT2D eigenvalue weighted by atomic mass is 32.2. The zero-order chi connectivity index (χ0) is 13.0. The number of aromatic nitrogens is 3. The Labute approximate surface area is 110 Å². The first-order chi connectivity index (χ1) is 8.69. The van der Waals surface area contributed by atoms with Crippen molar-refractivity contribution in [2.75, 3.05) is 5.43 Å². The first kappa shape index (κ1) is 12.8. The summed E-state index contributed by atoms with van der Waals surface area (Å²) in [4.78, 5) is 13.9. The number of pyridine rings is 1. The molecule has 0 atom stereocenters. The summed E-state index contributed by atoms with van der Waals surface area (Å²) in [6.07, 6.45) is 3.52. The average molecular weight is 261 g/mol. The van der Waals surface area contributed by atoms with Crippen molar-refractivity contribution in [2.24, 2.45) is 5.84 Å². The number of hydrogen-bond donors (Lipinski definition) is 2. The minimum Gasteiger partial charge on any atom is -0.308 e. The van der Waals surface area contributed by atoms with Crippen molar-refractivity contribution in [1.82, 2.24) is 15.0 Å². The molecule has 0 aliphatic rings. The molecule has 2 heterocycles. The third-order valence-corrected chi connectivity index (χ3v) is 3.18. The van der Waals surface area contributed by atoms with E-state index in [4.69, 9.17) is 5.84 Å². The zero-order valence-corrected chi connectivity index (χ0v) is 11.1. The topological polar surface area (TPSA) is 76.7 Å². The highest BCUT2D eigenvalue weighted by Gasteiger charge is 2.08. The third kappa shape index (κ3) is 3.18. The molecule has 6 heteroatoms. The molecule has 0 saturated heterocycles. The second-order valence-electron chi connectivity index (χ2n) is 4.03. The maximum absolute atomic E-state index is 5.42. The summed E-state index contributed by atoms with van der Waals surface area (Å²) in [7, 11) is 0. The second-order valence-corrected chi connectivity index (χ2v) is 5.13. The largest absolute Gasteiger partial charge is 0.308 e. The normalized spacial score (nSPS) is 10.7. The van der Waals surface area contributed by atoms with Gasteiger partial charge in [-0.3, -0.25) is 4.98 Å². The van der Waals surface area contributed by atoms with Gasteiger partial charge in [-0.25, -0.2) is 15.8 Å². The predicted octanol–water partition coefficient (Wildman–Crippen LogP) is 2.43. The number of nitrogens with zero attached hydrogens (tertiary/aromatic N) is 3. The summed E-state index contributed by atoms with van der Waals surface area (Å²) in [5.74, 6) is 7.09. The lowest BCUT2D eigenvalue weighted by Gasteiger charge is -2.09. The van der Waals surface area contributed by atoms with Crippen molar-refractivity contribution in [1.29, 1.82) is 0 Å². The first-order valence-corrected chi connectivity index (χ1v) is 6.44. The van der Waals surface area contributed by atoms with Gasteiger partial charge in [0.15, 0.2) is 0 Å². The van der Waals surface area contributed by atoms with Crippen molar-refractivity contribution < 1.29 is 0 Å². The van der Waals surface area contributed by atoms with Crippen molar-refractivity contribution >= 4 is 17.6 Å². The van der Waals surface area contributed by atoms with Crippen molar-refractivity contribution in [3.8, 4) is 0 Å². The van der Waals surface area contributed by atoms with Crippen LogP contribution in [0.15, 0.2) is 40.5 Å². The number of hydrazine groups is 1. The lowest BCUT2D eigenvalue weighted by molar-refractivity contribution is 0.754. The van der Waals surface area contributed by atoms with Gasteiger partial charge >= 0.3 is 0 Å². The molecule has 5 nitrogen and oxygen atoms in total. The Kier molecular flexibility index (Phi) is 4.11. The number of rotatable bonds is 4. The summed E-state index contributed by atoms with van der Waals surface area (Å²) in [6, 6.07) is 5.71. The van der Waals surface area contributed by atoms with E-state index in [1.165, 1.54) is 0 Å². The Bertz CT molecular complexity index is 515. The third-order valence-electron chi connectivity index (χ3n) is 2.26. The Morgan fingerprint density at radius 3 is 2.56 bits per heavy atom. The molecule has 0 spiro atoms. The summed E-state index contributed by atoms with van der Waals surface area (Å²) in [5.41, 5.74) is 2.57. The van der Waals surface area contributed by atoms with E-state index < -0.39 is 0 Å². The molecule has 2 rings (SSSR count). The number of nitrogens with one attached hydrogen (secondary N) is 1. The smallest absolute Gasteiger partial charge is 0.144 e. The molecule has 0 saturated carbocycles. The van der Waals surface area contributed by atoms with Crippen molar-refractivity contribution in [3.05, 3.63) is 36.4 Å². The quantitative estimate of drug-likeness (QED) is 0.500. The predicted molar refractivity (Wildman–Crippen MR) is 72.3 cm³/mol. The Morgan fingerprint density at radius 1 is 1.22 bits per heavy atom. The van der Waals surface area contributed by atoms with Gasteiger partial charge in [0.25, 0.3) is 0 Å². The van der Waals surface area contributed by atoms with E-state index in [1.54, 1.807) is 24.2 Å². The highest BCUT2D eigenvalue weighted by Crippen LogP contribution is 2.27. The van der Waals surface area contributed by atoms with Crippen LogP contribution in [0.25, 0.3) is 0 Å². The molecule has 3 N–H and O–H groups in total. The van der Waals surface area contributed by atoms with Crippen LogP contribution in [0.2, 0.25) is 0 Å². The summed E-state index contributed by atoms with van der Waals surface area (Å²) in [5, 5.41) is 0.868. The van der Waals surface area contributed by atoms with E-state index in [2.05, 4.69) is 34.2 Å². The van der Waals surface area contributed by atoms with E-state index >= 15 is 0 Å². The van der Waals surface area contributed by atoms with Crippen LogP contribution in [0.3, 0.4) is 0 Å². The van der Waals surface area contributed by atoms with E-state index in [0.717, 1.165) is 15.7 Å².